The third kappa shape index (κ3) is 6.14. The molecule has 0 spiro atoms. The molecule has 0 saturated heterocycles. The van der Waals surface area contributed by atoms with Crippen molar-refractivity contribution in [3.63, 3.8) is 0 Å². The van der Waals surface area contributed by atoms with Crippen LogP contribution >= 0.6 is 11.8 Å². The van der Waals surface area contributed by atoms with Gasteiger partial charge in [-0.1, -0.05) is 23.9 Å². The van der Waals surface area contributed by atoms with Crippen molar-refractivity contribution in [3.8, 4) is 11.6 Å². The molecule has 0 atom stereocenters. The molecule has 0 aliphatic rings. The number of benzene rings is 2. The first-order valence-electron chi connectivity index (χ1n) is 10.5. The van der Waals surface area contributed by atoms with Crippen LogP contribution in [0.1, 0.15) is 30.5 Å². The SMILES string of the molecule is CSc1ncc(N(C)C(=O)C(C)(C)c2cc(C(F)(F)F)cc(C(F)(F)F)c2)c(Oc2ccccc2F)n1. The first-order valence-corrected chi connectivity index (χ1v) is 11.7. The second-order valence-electron chi connectivity index (χ2n) is 8.36. The van der Waals surface area contributed by atoms with Crippen molar-refractivity contribution < 1.29 is 40.3 Å². The lowest BCUT2D eigenvalue weighted by Gasteiger charge is -2.31. The predicted molar refractivity (Wildman–Crippen MR) is 123 cm³/mol. The zero-order chi connectivity index (χ0) is 27.8. The Kier molecular flexibility index (Phi) is 7.77. The van der Waals surface area contributed by atoms with Gasteiger partial charge in [-0.2, -0.15) is 31.3 Å². The summed E-state index contributed by atoms with van der Waals surface area (Å²) in [5.41, 5.74) is -5.55. The van der Waals surface area contributed by atoms with Gasteiger partial charge in [0.2, 0.25) is 11.8 Å². The van der Waals surface area contributed by atoms with Gasteiger partial charge in [-0.25, -0.2) is 9.37 Å². The standard InChI is InChI=1S/C24H20F7N3O2S/c1-22(2,13-9-14(23(26,27)28)11-15(10-13)24(29,30)31)20(35)34(3)17-12-32-21(37-4)33-19(17)36-18-8-6-5-7-16(18)25/h5-12H,1-4H3. The second kappa shape index (κ2) is 10.2. The topological polar surface area (TPSA) is 55.3 Å². The Labute approximate surface area is 211 Å². The van der Waals surface area contributed by atoms with Crippen LogP contribution in [0.4, 0.5) is 36.4 Å². The quantitative estimate of drug-likeness (QED) is 0.187. The minimum atomic E-state index is -5.08. The van der Waals surface area contributed by atoms with Gasteiger partial charge in [0.1, 0.15) is 5.69 Å². The average Bonchev–Trinajstić information content (AvgIpc) is 2.83. The van der Waals surface area contributed by atoms with E-state index in [1.807, 2.05) is 0 Å². The average molecular weight is 547 g/mol. The van der Waals surface area contributed by atoms with Crippen molar-refractivity contribution in [2.75, 3.05) is 18.2 Å². The van der Waals surface area contributed by atoms with E-state index in [-0.39, 0.29) is 28.5 Å². The number of nitrogens with zero attached hydrogens (tertiary/aromatic N) is 3. The Morgan fingerprint density at radius 2 is 1.49 bits per heavy atom. The number of thioether (sulfide) groups is 1. The lowest BCUT2D eigenvalue weighted by Crippen LogP contribution is -2.42. The maximum Gasteiger partial charge on any atom is 0.416 e. The summed E-state index contributed by atoms with van der Waals surface area (Å²) in [4.78, 5) is 22.6. The molecule has 3 rings (SSSR count). The molecule has 0 unspecified atom stereocenters. The molecular formula is C24H20F7N3O2S. The molecule has 0 saturated carbocycles. The van der Waals surface area contributed by atoms with E-state index in [1.165, 1.54) is 45.3 Å². The first-order chi connectivity index (χ1) is 17.1. The highest BCUT2D eigenvalue weighted by molar-refractivity contribution is 7.98. The Morgan fingerprint density at radius 1 is 0.946 bits per heavy atom. The fourth-order valence-corrected chi connectivity index (χ4v) is 3.68. The molecule has 5 nitrogen and oxygen atoms in total. The van der Waals surface area contributed by atoms with Gasteiger partial charge in [0.05, 0.1) is 22.7 Å². The highest BCUT2D eigenvalue weighted by atomic mass is 32.2. The van der Waals surface area contributed by atoms with Crippen molar-refractivity contribution in [2.24, 2.45) is 0 Å². The van der Waals surface area contributed by atoms with Crippen LogP contribution in [-0.4, -0.2) is 29.2 Å². The predicted octanol–water partition coefficient (Wildman–Crippen LogP) is 7.11. The smallest absolute Gasteiger partial charge is 0.416 e. The number of likely N-dealkylation sites (N-methyl/N-ethyl adjacent to an activating group) is 1. The van der Waals surface area contributed by atoms with E-state index in [4.69, 9.17) is 4.74 Å². The maximum atomic E-state index is 14.2. The molecule has 1 amide bonds. The van der Waals surface area contributed by atoms with Crippen LogP contribution < -0.4 is 9.64 Å². The Bertz CT molecular complexity index is 1280. The van der Waals surface area contributed by atoms with Gasteiger partial charge in [-0.05, 0) is 56.0 Å². The summed E-state index contributed by atoms with van der Waals surface area (Å²) in [6.07, 6.45) is -7.31. The number of rotatable bonds is 6. The van der Waals surface area contributed by atoms with E-state index >= 15 is 0 Å². The van der Waals surface area contributed by atoms with E-state index in [1.54, 1.807) is 6.26 Å². The monoisotopic (exact) mass is 547 g/mol. The lowest BCUT2D eigenvalue weighted by molar-refractivity contribution is -0.143. The van der Waals surface area contributed by atoms with Gasteiger partial charge < -0.3 is 9.64 Å². The Balaban J connectivity index is 2.08. The minimum Gasteiger partial charge on any atom is -0.434 e. The molecule has 0 aliphatic heterocycles. The molecule has 0 fully saturated rings. The number of carbonyl (C=O) groups is 1. The van der Waals surface area contributed by atoms with E-state index in [0.29, 0.717) is 12.1 Å². The van der Waals surface area contributed by atoms with E-state index < -0.39 is 46.2 Å². The number of aromatic nitrogens is 2. The van der Waals surface area contributed by atoms with Crippen molar-refractivity contribution in [1.29, 1.82) is 0 Å². The maximum absolute atomic E-state index is 14.2. The van der Waals surface area contributed by atoms with Gasteiger partial charge in [-0.3, -0.25) is 4.79 Å². The van der Waals surface area contributed by atoms with Crippen LogP contribution in [0.2, 0.25) is 0 Å². The third-order valence-corrected chi connectivity index (χ3v) is 6.01. The fraction of sp³-hybridized carbons (Fsp3) is 0.292. The normalized spacial score (nSPS) is 12.4. The zero-order valence-corrected chi connectivity index (χ0v) is 20.6. The highest BCUT2D eigenvalue weighted by Gasteiger charge is 2.41. The van der Waals surface area contributed by atoms with Crippen molar-refractivity contribution in [2.45, 2.75) is 36.8 Å². The van der Waals surface area contributed by atoms with Gasteiger partial charge in [-0.15, -0.1) is 0 Å². The first kappa shape index (κ1) is 28.2. The molecule has 0 N–H and O–H groups in total. The van der Waals surface area contributed by atoms with Crippen LogP contribution in [0, 0.1) is 5.82 Å². The molecule has 198 valence electrons. The summed E-state index contributed by atoms with van der Waals surface area (Å²) in [5.74, 6) is -2.08. The number of hydrogen-bond donors (Lipinski definition) is 0. The van der Waals surface area contributed by atoms with E-state index in [0.717, 1.165) is 22.7 Å². The number of para-hydroxylation sites is 1. The summed E-state index contributed by atoms with van der Waals surface area (Å²) < 4.78 is 100. The molecule has 0 bridgehead atoms. The minimum absolute atomic E-state index is 0.0108. The Morgan fingerprint density at radius 3 is 2.00 bits per heavy atom. The second-order valence-corrected chi connectivity index (χ2v) is 9.14. The van der Waals surface area contributed by atoms with Gasteiger partial charge in [0, 0.05) is 7.05 Å². The molecule has 1 heterocycles. The van der Waals surface area contributed by atoms with Crippen LogP contribution in [0.15, 0.2) is 53.8 Å². The molecule has 3 aromatic rings. The van der Waals surface area contributed by atoms with Gasteiger partial charge >= 0.3 is 12.4 Å². The number of ether oxygens (including phenoxy) is 1. The van der Waals surface area contributed by atoms with Crippen molar-refractivity contribution in [1.82, 2.24) is 9.97 Å². The van der Waals surface area contributed by atoms with Gasteiger partial charge in [0.25, 0.3) is 0 Å². The molecule has 2 aromatic carbocycles. The summed E-state index contributed by atoms with van der Waals surface area (Å²) in [7, 11) is 1.23. The van der Waals surface area contributed by atoms with E-state index in [9.17, 15) is 35.5 Å². The van der Waals surface area contributed by atoms with Crippen LogP contribution in [0.25, 0.3) is 0 Å². The molecular weight excluding hydrogens is 527 g/mol. The summed E-state index contributed by atoms with van der Waals surface area (Å²) in [6.45, 7) is 2.38. The number of carbonyl (C=O) groups excluding carboxylic acids is 1. The molecule has 37 heavy (non-hydrogen) atoms. The summed E-state index contributed by atoms with van der Waals surface area (Å²) in [6, 6.07) is 6.37. The number of alkyl halides is 6. The van der Waals surface area contributed by atoms with Crippen molar-refractivity contribution in [3.05, 3.63) is 71.2 Å². The summed E-state index contributed by atoms with van der Waals surface area (Å²) in [5, 5.41) is 0.211. The number of anilines is 1. The third-order valence-electron chi connectivity index (χ3n) is 5.45. The Hall–Kier alpha value is -3.35. The number of hydrogen-bond acceptors (Lipinski definition) is 5. The lowest BCUT2D eigenvalue weighted by atomic mass is 9.81. The van der Waals surface area contributed by atoms with Crippen LogP contribution in [0.3, 0.4) is 0 Å². The highest BCUT2D eigenvalue weighted by Crippen LogP contribution is 2.40. The van der Waals surface area contributed by atoms with Crippen LogP contribution in [0.5, 0.6) is 11.6 Å². The molecule has 13 heteroatoms. The van der Waals surface area contributed by atoms with Gasteiger partial charge in [0.15, 0.2) is 16.7 Å². The number of amides is 1. The number of halogens is 7. The molecule has 1 aromatic heterocycles. The molecule has 0 radical (unpaired) electrons. The zero-order valence-electron chi connectivity index (χ0n) is 19.8. The van der Waals surface area contributed by atoms with Crippen LogP contribution in [-0.2, 0) is 22.6 Å². The largest absolute Gasteiger partial charge is 0.434 e. The molecule has 0 aliphatic carbocycles. The summed E-state index contributed by atoms with van der Waals surface area (Å²) >= 11 is 1.12. The van der Waals surface area contributed by atoms with E-state index in [2.05, 4.69) is 9.97 Å². The van der Waals surface area contributed by atoms with Crippen molar-refractivity contribution >= 4 is 23.4 Å². The fourth-order valence-electron chi connectivity index (χ4n) is 3.35.